The molecule has 12 heteroatoms. The average molecular weight is 776 g/mol. The van der Waals surface area contributed by atoms with Gasteiger partial charge < -0.3 is 34.8 Å². The van der Waals surface area contributed by atoms with E-state index in [1.54, 1.807) is 19.1 Å². The van der Waals surface area contributed by atoms with Crippen molar-refractivity contribution in [2.45, 2.75) is 129 Å². The molecule has 1 aromatic carbocycles. The summed E-state index contributed by atoms with van der Waals surface area (Å²) in [5.74, 6) is 1.88. The number of amides is 1. The van der Waals surface area contributed by atoms with Gasteiger partial charge >= 0.3 is 0 Å². The highest BCUT2D eigenvalue weighted by Gasteiger charge is 2.56. The first-order chi connectivity index (χ1) is 26.0. The summed E-state index contributed by atoms with van der Waals surface area (Å²) in [7, 11) is 9.75. The van der Waals surface area contributed by atoms with Gasteiger partial charge in [0.25, 0.3) is 0 Å². The largest absolute Gasteiger partial charge is 0.496 e. The van der Waals surface area contributed by atoms with Crippen molar-refractivity contribution in [2.75, 3.05) is 61.8 Å². The van der Waals surface area contributed by atoms with Crippen LogP contribution in [0.4, 0.5) is 4.39 Å². The second kappa shape index (κ2) is 18.8. The molecule has 1 heterocycles. The third-order valence-electron chi connectivity index (χ3n) is 14.0. The van der Waals surface area contributed by atoms with E-state index in [1.165, 1.54) is 12.5 Å². The van der Waals surface area contributed by atoms with Crippen molar-refractivity contribution < 1.29 is 33.7 Å². The van der Waals surface area contributed by atoms with E-state index in [0.717, 1.165) is 43.7 Å². The second-order valence-corrected chi connectivity index (χ2v) is 19.0. The number of methoxy groups -OCH3 is 1. The molecule has 4 N–H and O–H groups in total. The van der Waals surface area contributed by atoms with Crippen LogP contribution in [0.5, 0.6) is 5.75 Å². The topological polar surface area (TPSA) is 119 Å². The minimum absolute atomic E-state index is 0.0390. The molecule has 3 unspecified atom stereocenters. The molecule has 1 amide bonds. The van der Waals surface area contributed by atoms with Gasteiger partial charge in [-0.25, -0.2) is 4.39 Å². The van der Waals surface area contributed by atoms with Gasteiger partial charge in [-0.05, 0) is 120 Å². The lowest BCUT2D eigenvalue weighted by Gasteiger charge is -2.62. The summed E-state index contributed by atoms with van der Waals surface area (Å²) >= 11 is 0. The molecule has 12 atom stereocenters. The fraction of sp³-hybridized carbons (Fsp3) is 0.837. The predicted molar refractivity (Wildman–Crippen MR) is 214 cm³/mol. The molecular weight excluding hydrogens is 701 g/mol. The molecule has 1 saturated heterocycles. The van der Waals surface area contributed by atoms with Crippen molar-refractivity contribution in [3.05, 3.63) is 29.1 Å². The van der Waals surface area contributed by atoms with E-state index in [2.05, 4.69) is 69.1 Å². The Kier molecular flexibility index (Phi) is 15.1. The third-order valence-corrected chi connectivity index (χ3v) is 14.0. The van der Waals surface area contributed by atoms with E-state index in [4.69, 9.17) is 14.3 Å². The Morgan fingerprint density at radius 3 is 2.42 bits per heavy atom. The zero-order chi connectivity index (χ0) is 40.4. The molecule has 6 rings (SSSR count). The van der Waals surface area contributed by atoms with Crippen molar-refractivity contribution in [3.8, 4) is 5.75 Å². The minimum Gasteiger partial charge on any atom is -0.496 e. The van der Waals surface area contributed by atoms with Gasteiger partial charge in [-0.1, -0.05) is 40.7 Å². The lowest BCUT2D eigenvalue weighted by atomic mass is 9.45. The first-order valence-electron chi connectivity index (χ1n) is 21.0. The first kappa shape index (κ1) is 44.2. The van der Waals surface area contributed by atoms with Crippen LogP contribution in [0, 0.1) is 46.7 Å². The van der Waals surface area contributed by atoms with Gasteiger partial charge in [0.1, 0.15) is 17.7 Å². The lowest BCUT2D eigenvalue weighted by Crippen LogP contribution is -2.60. The SMILES string of the molecule is COc1c(C2CC(N(C)C)C[C@@H](C(=O)N[C@@H](CC(C)C)CN(C)C)C2)ccc(F)c1CN1O[C@@H](CO)C([C@H](C)O)[C@H]1COCN[C@H]1C[C@H]2C[C@@H]([C@@H]1C)C2(C)C. The number of rotatable bonds is 18. The Morgan fingerprint density at radius 2 is 1.84 bits per heavy atom. The van der Waals surface area contributed by atoms with Crippen LogP contribution >= 0.6 is 0 Å². The van der Waals surface area contributed by atoms with E-state index in [9.17, 15) is 15.0 Å². The van der Waals surface area contributed by atoms with Crippen LogP contribution in [0.2, 0.25) is 0 Å². The monoisotopic (exact) mass is 776 g/mol. The molecule has 0 radical (unpaired) electrons. The number of aliphatic hydroxyl groups is 2. The highest BCUT2D eigenvalue weighted by Crippen LogP contribution is 2.61. The van der Waals surface area contributed by atoms with Crippen LogP contribution in [-0.4, -0.2) is 129 Å². The number of ether oxygens (including phenoxy) is 2. The number of nitrogens with zero attached hydrogens (tertiary/aromatic N) is 3. The predicted octanol–water partition coefficient (Wildman–Crippen LogP) is 4.85. The van der Waals surface area contributed by atoms with Gasteiger partial charge in [0.2, 0.25) is 5.91 Å². The number of carbonyl (C=O) groups excluding carboxylic acids is 1. The molecule has 11 nitrogen and oxygen atoms in total. The van der Waals surface area contributed by atoms with Gasteiger partial charge in [-0.2, -0.15) is 5.06 Å². The van der Waals surface area contributed by atoms with Crippen molar-refractivity contribution in [2.24, 2.45) is 40.9 Å². The number of hydroxylamine groups is 2. The number of nitrogens with one attached hydrogen (secondary N) is 2. The van der Waals surface area contributed by atoms with Crippen molar-refractivity contribution in [1.29, 1.82) is 0 Å². The Bertz CT molecular complexity index is 1400. The molecule has 0 aromatic heterocycles. The maximum absolute atomic E-state index is 16.0. The number of carbonyl (C=O) groups is 1. The fourth-order valence-corrected chi connectivity index (χ4v) is 10.8. The van der Waals surface area contributed by atoms with Crippen LogP contribution in [0.3, 0.4) is 0 Å². The maximum atomic E-state index is 16.0. The van der Waals surface area contributed by atoms with Crippen molar-refractivity contribution >= 4 is 5.91 Å². The van der Waals surface area contributed by atoms with Crippen LogP contribution in [0.1, 0.15) is 97.1 Å². The summed E-state index contributed by atoms with van der Waals surface area (Å²) < 4.78 is 28.3. The number of hydrogen-bond acceptors (Lipinski definition) is 10. The molecule has 1 aromatic rings. The molecule has 314 valence electrons. The number of aliphatic hydroxyl groups excluding tert-OH is 2. The molecular formula is C43H74FN5O6. The van der Waals surface area contributed by atoms with Crippen molar-refractivity contribution in [3.63, 3.8) is 0 Å². The van der Waals surface area contributed by atoms with E-state index in [1.807, 2.05) is 20.2 Å². The Balaban J connectivity index is 1.33. The molecule has 4 aliphatic carbocycles. The second-order valence-electron chi connectivity index (χ2n) is 19.0. The van der Waals surface area contributed by atoms with Crippen LogP contribution in [0.15, 0.2) is 12.1 Å². The molecule has 5 fully saturated rings. The number of fused-ring (bicyclic) bond motifs is 2. The maximum Gasteiger partial charge on any atom is 0.223 e. The quantitative estimate of drug-likeness (QED) is 0.122. The van der Waals surface area contributed by atoms with Gasteiger partial charge in [0, 0.05) is 42.1 Å². The normalized spacial score (nSPS) is 33.2. The number of hydrogen-bond donors (Lipinski definition) is 4. The van der Waals surface area contributed by atoms with Crippen LogP contribution in [-0.2, 0) is 20.9 Å². The lowest BCUT2D eigenvalue weighted by molar-refractivity contribution is -0.185. The van der Waals surface area contributed by atoms with E-state index >= 15 is 4.39 Å². The summed E-state index contributed by atoms with van der Waals surface area (Å²) in [6.45, 7) is 14.3. The van der Waals surface area contributed by atoms with E-state index in [0.29, 0.717) is 53.7 Å². The molecule has 4 saturated carbocycles. The molecule has 0 spiro atoms. The Morgan fingerprint density at radius 1 is 1.11 bits per heavy atom. The average Bonchev–Trinajstić information content (AvgIpc) is 3.47. The summed E-state index contributed by atoms with van der Waals surface area (Å²) in [5, 5.41) is 29.9. The van der Waals surface area contributed by atoms with E-state index < -0.39 is 30.0 Å². The van der Waals surface area contributed by atoms with Gasteiger partial charge in [0.05, 0.1) is 45.7 Å². The summed E-state index contributed by atoms with van der Waals surface area (Å²) in [6, 6.07) is 3.48. The standard InChI is InChI=1S/C43H74FN5O6/c1-25(2)14-31(20-47(7)8)46-42(52)29-15-28(16-32(17-29)48(9)10)33-12-13-36(44)34(41(33)53-11)21-49-38(40(27(4)51)39(22-50)55-49)23-54-24-45-37-19-30-18-35(26(37)3)43(30,5)6/h12-13,25-32,35,37-40,45,50-51H,14-24H2,1-11H3,(H,46,52)/t26-,27-,28?,29-,30+,31-,32?,35-,37-,38+,39-,40?/m0/s1. The summed E-state index contributed by atoms with van der Waals surface area (Å²) in [6.07, 6.45) is 4.09. The minimum atomic E-state index is -0.791. The smallest absolute Gasteiger partial charge is 0.223 e. The molecule has 1 aliphatic heterocycles. The first-order valence-corrected chi connectivity index (χ1v) is 21.0. The summed E-state index contributed by atoms with van der Waals surface area (Å²) in [4.78, 5) is 24.5. The van der Waals surface area contributed by atoms with Crippen LogP contribution in [0.25, 0.3) is 0 Å². The molecule has 5 aliphatic rings. The van der Waals surface area contributed by atoms with Crippen molar-refractivity contribution in [1.82, 2.24) is 25.5 Å². The van der Waals surface area contributed by atoms with Gasteiger partial charge in [-0.3, -0.25) is 14.9 Å². The molecule has 55 heavy (non-hydrogen) atoms. The summed E-state index contributed by atoms with van der Waals surface area (Å²) in [5.41, 5.74) is 1.63. The highest BCUT2D eigenvalue weighted by atomic mass is 19.1. The molecule has 2 bridgehead atoms. The third kappa shape index (κ3) is 10.0. The highest BCUT2D eigenvalue weighted by molar-refractivity contribution is 5.79. The Labute approximate surface area is 331 Å². The van der Waals surface area contributed by atoms with Crippen LogP contribution < -0.4 is 15.4 Å². The number of benzene rings is 1. The zero-order valence-electron chi connectivity index (χ0n) is 35.7. The Hall–Kier alpha value is -1.90. The van der Waals surface area contributed by atoms with E-state index in [-0.39, 0.29) is 49.6 Å². The number of likely N-dealkylation sites (N-methyl/N-ethyl adjacent to an activating group) is 1. The van der Waals surface area contributed by atoms with Gasteiger partial charge in [-0.15, -0.1) is 0 Å². The fourth-order valence-electron chi connectivity index (χ4n) is 10.8. The zero-order valence-corrected chi connectivity index (χ0v) is 35.7. The number of halogens is 1. The van der Waals surface area contributed by atoms with Gasteiger partial charge in [0.15, 0.2) is 0 Å².